The molecule has 0 unspecified atom stereocenters. The summed E-state index contributed by atoms with van der Waals surface area (Å²) in [6.07, 6.45) is 1.55. The van der Waals surface area contributed by atoms with E-state index < -0.39 is 11.1 Å². The number of hydrogen-bond acceptors (Lipinski definition) is 7. The van der Waals surface area contributed by atoms with E-state index in [2.05, 4.69) is 15.9 Å². The lowest BCUT2D eigenvalue weighted by Gasteiger charge is -2.28. The molecule has 0 saturated carbocycles. The van der Waals surface area contributed by atoms with Crippen molar-refractivity contribution >= 4 is 50.8 Å². The molecule has 0 aliphatic carbocycles. The summed E-state index contributed by atoms with van der Waals surface area (Å²) >= 11 is 4.22. The Morgan fingerprint density at radius 2 is 1.94 bits per heavy atom. The van der Waals surface area contributed by atoms with E-state index in [1.807, 2.05) is 0 Å². The number of thioether (sulfide) groups is 1. The average Bonchev–Trinajstić information content (AvgIpc) is 3.12. The normalized spacial score (nSPS) is 17.3. The van der Waals surface area contributed by atoms with Gasteiger partial charge in [-0.05, 0) is 41.6 Å². The van der Waals surface area contributed by atoms with E-state index in [9.17, 15) is 18.8 Å². The fraction of sp³-hybridized carbons (Fsp3) is 0.292. The lowest BCUT2D eigenvalue weighted by atomic mass is 10.1. The molecule has 2 heterocycles. The van der Waals surface area contributed by atoms with Crippen molar-refractivity contribution in [2.75, 3.05) is 40.0 Å². The molecule has 2 aliphatic heterocycles. The zero-order valence-electron chi connectivity index (χ0n) is 18.8. The number of morpholine rings is 1. The Morgan fingerprint density at radius 3 is 2.66 bits per heavy atom. The predicted molar refractivity (Wildman–Crippen MR) is 132 cm³/mol. The summed E-state index contributed by atoms with van der Waals surface area (Å²) in [7, 11) is 1.47. The number of nitrogens with zero attached hydrogens (tertiary/aromatic N) is 2. The minimum Gasteiger partial charge on any atom is -0.493 e. The van der Waals surface area contributed by atoms with Gasteiger partial charge in [-0.2, -0.15) is 0 Å². The van der Waals surface area contributed by atoms with E-state index in [4.69, 9.17) is 14.2 Å². The molecule has 8 nitrogen and oxygen atoms in total. The highest BCUT2D eigenvalue weighted by atomic mass is 79.9. The highest BCUT2D eigenvalue weighted by molar-refractivity contribution is 9.10. The van der Waals surface area contributed by atoms with Crippen LogP contribution < -0.4 is 9.47 Å². The number of imide groups is 1. The van der Waals surface area contributed by atoms with Gasteiger partial charge in [0, 0.05) is 23.1 Å². The van der Waals surface area contributed by atoms with Gasteiger partial charge in [-0.1, -0.05) is 34.1 Å². The first kappa shape index (κ1) is 25.2. The maximum absolute atomic E-state index is 13.9. The first-order chi connectivity index (χ1) is 16.9. The second-order valence-corrected chi connectivity index (χ2v) is 9.51. The standard InChI is InChI=1S/C24H22BrFN2O6S/c1-32-19-10-16(17(25)12-20(19)34-14-15-4-2-3-5-18(15)26)11-21-23(30)28(24(31)35-21)13-22(29)27-6-8-33-9-7-27/h2-5,10-12H,6-9,13-14H2,1H3/b21-11+. The second kappa shape index (κ2) is 11.2. The summed E-state index contributed by atoms with van der Waals surface area (Å²) in [5.41, 5.74) is 0.972. The minimum absolute atomic E-state index is 0.00484. The quantitative estimate of drug-likeness (QED) is 0.468. The molecule has 2 aromatic rings. The maximum atomic E-state index is 13.9. The van der Waals surface area contributed by atoms with Gasteiger partial charge in [0.1, 0.15) is 19.0 Å². The molecule has 2 fully saturated rings. The molecule has 4 rings (SSSR count). The molecule has 2 aliphatic rings. The Hall–Kier alpha value is -2.89. The molecule has 0 bridgehead atoms. The predicted octanol–water partition coefficient (Wildman–Crippen LogP) is 4.07. The molecule has 0 aromatic heterocycles. The van der Waals surface area contributed by atoms with Crippen LogP contribution in [-0.4, -0.2) is 66.8 Å². The Labute approximate surface area is 214 Å². The summed E-state index contributed by atoms with van der Waals surface area (Å²) in [5.74, 6) is -0.449. The number of carbonyl (C=O) groups excluding carboxylic acids is 3. The molecule has 0 N–H and O–H groups in total. The van der Waals surface area contributed by atoms with Gasteiger partial charge in [-0.15, -0.1) is 0 Å². The van der Waals surface area contributed by atoms with Crippen molar-refractivity contribution in [1.29, 1.82) is 0 Å². The zero-order valence-corrected chi connectivity index (χ0v) is 21.2. The van der Waals surface area contributed by atoms with Crippen LogP contribution in [0.5, 0.6) is 11.5 Å². The second-order valence-electron chi connectivity index (χ2n) is 7.67. The lowest BCUT2D eigenvalue weighted by Crippen LogP contribution is -2.46. The zero-order chi connectivity index (χ0) is 24.9. The summed E-state index contributed by atoms with van der Waals surface area (Å²) in [6, 6.07) is 9.61. The minimum atomic E-state index is -0.535. The number of halogens is 2. The maximum Gasteiger partial charge on any atom is 0.294 e. The number of hydrogen-bond donors (Lipinski definition) is 0. The van der Waals surface area contributed by atoms with Crippen LogP contribution in [0.1, 0.15) is 11.1 Å². The summed E-state index contributed by atoms with van der Waals surface area (Å²) in [5, 5.41) is -0.504. The van der Waals surface area contributed by atoms with E-state index in [0.29, 0.717) is 53.4 Å². The Morgan fingerprint density at radius 1 is 1.20 bits per heavy atom. The van der Waals surface area contributed by atoms with Crippen molar-refractivity contribution < 1.29 is 33.0 Å². The van der Waals surface area contributed by atoms with Gasteiger partial charge < -0.3 is 19.1 Å². The largest absolute Gasteiger partial charge is 0.493 e. The van der Waals surface area contributed by atoms with Crippen molar-refractivity contribution in [1.82, 2.24) is 9.80 Å². The smallest absolute Gasteiger partial charge is 0.294 e. The van der Waals surface area contributed by atoms with Crippen LogP contribution in [0.25, 0.3) is 6.08 Å². The molecule has 0 atom stereocenters. The van der Waals surface area contributed by atoms with Crippen LogP contribution in [0.4, 0.5) is 9.18 Å². The third kappa shape index (κ3) is 5.85. The van der Waals surface area contributed by atoms with Crippen molar-refractivity contribution in [2.45, 2.75) is 6.61 Å². The van der Waals surface area contributed by atoms with Gasteiger partial charge in [-0.25, -0.2) is 4.39 Å². The van der Waals surface area contributed by atoms with Crippen LogP contribution in [0, 0.1) is 5.82 Å². The fourth-order valence-corrected chi connectivity index (χ4v) is 4.80. The number of rotatable bonds is 7. The highest BCUT2D eigenvalue weighted by Gasteiger charge is 2.37. The molecular formula is C24H22BrFN2O6S. The first-order valence-corrected chi connectivity index (χ1v) is 12.3. The van der Waals surface area contributed by atoms with Crippen LogP contribution in [0.3, 0.4) is 0 Å². The topological polar surface area (TPSA) is 85.4 Å². The number of ether oxygens (including phenoxy) is 3. The molecule has 2 saturated heterocycles. The van der Waals surface area contributed by atoms with Crippen LogP contribution in [0.2, 0.25) is 0 Å². The Balaban J connectivity index is 1.49. The van der Waals surface area contributed by atoms with E-state index >= 15 is 0 Å². The average molecular weight is 565 g/mol. The van der Waals surface area contributed by atoms with Crippen LogP contribution >= 0.6 is 27.7 Å². The number of carbonyl (C=O) groups is 3. The van der Waals surface area contributed by atoms with Crippen molar-refractivity contribution in [2.24, 2.45) is 0 Å². The molecule has 11 heteroatoms. The monoisotopic (exact) mass is 564 g/mol. The summed E-state index contributed by atoms with van der Waals surface area (Å²) in [6.45, 7) is 1.43. The van der Waals surface area contributed by atoms with Gasteiger partial charge in [0.25, 0.3) is 11.1 Å². The number of benzene rings is 2. The van der Waals surface area contributed by atoms with Gasteiger partial charge in [0.2, 0.25) is 5.91 Å². The third-order valence-corrected chi connectivity index (χ3v) is 7.04. The fourth-order valence-electron chi connectivity index (χ4n) is 3.53. The lowest BCUT2D eigenvalue weighted by molar-refractivity contribution is -0.139. The Kier molecular flexibility index (Phi) is 8.09. The van der Waals surface area contributed by atoms with Crippen LogP contribution in [0.15, 0.2) is 45.8 Å². The summed E-state index contributed by atoms with van der Waals surface area (Å²) in [4.78, 5) is 40.6. The van der Waals surface area contributed by atoms with Crippen LogP contribution in [-0.2, 0) is 20.9 Å². The van der Waals surface area contributed by atoms with Crippen molar-refractivity contribution in [3.63, 3.8) is 0 Å². The molecule has 35 heavy (non-hydrogen) atoms. The Bertz CT molecular complexity index is 1180. The molecule has 0 radical (unpaired) electrons. The molecule has 2 aromatic carbocycles. The number of amides is 3. The third-order valence-electron chi connectivity index (χ3n) is 5.44. The van der Waals surface area contributed by atoms with E-state index in [1.54, 1.807) is 41.3 Å². The first-order valence-electron chi connectivity index (χ1n) is 10.7. The molecular weight excluding hydrogens is 543 g/mol. The van der Waals surface area contributed by atoms with Gasteiger partial charge in [-0.3, -0.25) is 19.3 Å². The molecule has 0 spiro atoms. The molecule has 184 valence electrons. The van der Waals surface area contributed by atoms with Gasteiger partial charge in [0.05, 0.1) is 25.2 Å². The van der Waals surface area contributed by atoms with Gasteiger partial charge in [0.15, 0.2) is 11.5 Å². The van der Waals surface area contributed by atoms with E-state index in [1.165, 1.54) is 13.2 Å². The van der Waals surface area contributed by atoms with Crippen molar-refractivity contribution in [3.8, 4) is 11.5 Å². The van der Waals surface area contributed by atoms with Gasteiger partial charge >= 0.3 is 0 Å². The SMILES string of the molecule is COc1cc(/C=C2/SC(=O)N(CC(=O)N3CCOCC3)C2=O)c(Br)cc1OCc1ccccc1F. The van der Waals surface area contributed by atoms with E-state index in [-0.39, 0.29) is 29.8 Å². The van der Waals surface area contributed by atoms with Crippen molar-refractivity contribution in [3.05, 3.63) is 62.7 Å². The molecule has 3 amide bonds. The number of methoxy groups -OCH3 is 1. The highest BCUT2D eigenvalue weighted by Crippen LogP contribution is 2.38. The summed E-state index contributed by atoms with van der Waals surface area (Å²) < 4.78 is 30.9. The van der Waals surface area contributed by atoms with E-state index in [0.717, 1.165) is 16.7 Å².